The molecule has 1 saturated carbocycles. The zero-order valence-electron chi connectivity index (χ0n) is 17.4. The molecule has 1 atom stereocenters. The minimum Gasteiger partial charge on any atom is -0.310 e. The molecule has 0 amide bonds. The number of hydrogen-bond acceptors (Lipinski definition) is 4. The van der Waals surface area contributed by atoms with Crippen LogP contribution in [0.5, 0.6) is 0 Å². The molecule has 0 spiro atoms. The molecule has 31 heavy (non-hydrogen) atoms. The molecule has 1 unspecified atom stereocenters. The molecule has 0 radical (unpaired) electrons. The van der Waals surface area contributed by atoms with E-state index in [1.807, 2.05) is 12.3 Å². The number of pyridine rings is 1. The first-order chi connectivity index (χ1) is 14.9. The van der Waals surface area contributed by atoms with Crippen LogP contribution >= 0.6 is 11.6 Å². The van der Waals surface area contributed by atoms with E-state index in [0.717, 1.165) is 36.6 Å². The predicted molar refractivity (Wildman–Crippen MR) is 121 cm³/mol. The van der Waals surface area contributed by atoms with Crippen molar-refractivity contribution in [3.8, 4) is 0 Å². The Bertz CT molecular complexity index is 1100. The average molecular weight is 442 g/mol. The van der Waals surface area contributed by atoms with Crippen molar-refractivity contribution in [2.24, 2.45) is 5.92 Å². The fourth-order valence-electron chi connectivity index (χ4n) is 4.74. The van der Waals surface area contributed by atoms with E-state index in [1.165, 1.54) is 17.7 Å². The maximum Gasteiger partial charge on any atom is 0.273 e. The minimum atomic E-state index is -0.370. The van der Waals surface area contributed by atoms with E-state index in [0.29, 0.717) is 29.0 Å². The third-order valence-electron chi connectivity index (χ3n) is 6.51. The summed E-state index contributed by atoms with van der Waals surface area (Å²) in [5.74, 6) is 0.646. The summed E-state index contributed by atoms with van der Waals surface area (Å²) in [5.41, 5.74) is 2.70. The van der Waals surface area contributed by atoms with Crippen molar-refractivity contribution >= 4 is 28.2 Å². The van der Waals surface area contributed by atoms with Gasteiger partial charge in [0.1, 0.15) is 5.82 Å². The van der Waals surface area contributed by atoms with Gasteiger partial charge < -0.3 is 5.32 Å². The molecule has 0 bridgehead atoms. The maximum absolute atomic E-state index is 13.8. The second-order valence-electron chi connectivity index (χ2n) is 8.37. The first kappa shape index (κ1) is 21.7. The molecule has 1 aromatic heterocycles. The molecule has 0 saturated heterocycles. The molecule has 3 aromatic rings. The van der Waals surface area contributed by atoms with Gasteiger partial charge in [0.05, 0.1) is 10.4 Å². The number of nitro benzene ring substituents is 1. The van der Waals surface area contributed by atoms with E-state index in [4.69, 9.17) is 11.6 Å². The molecule has 0 aliphatic heterocycles. The van der Waals surface area contributed by atoms with E-state index in [9.17, 15) is 14.5 Å². The minimum absolute atomic E-state index is 0.0876. The molecule has 1 aliphatic rings. The van der Waals surface area contributed by atoms with Crippen molar-refractivity contribution in [3.05, 3.63) is 80.7 Å². The lowest BCUT2D eigenvalue weighted by molar-refractivity contribution is -0.385. The topological polar surface area (TPSA) is 68.1 Å². The third kappa shape index (κ3) is 4.86. The van der Waals surface area contributed by atoms with Crippen LogP contribution in [0.1, 0.15) is 49.7 Å². The number of nitrogens with zero attached hydrogens (tertiary/aromatic N) is 2. The van der Waals surface area contributed by atoms with Crippen LogP contribution in [0.15, 0.2) is 48.7 Å². The summed E-state index contributed by atoms with van der Waals surface area (Å²) in [6.45, 7) is 2.55. The van der Waals surface area contributed by atoms with E-state index >= 15 is 0 Å². The van der Waals surface area contributed by atoms with Crippen molar-refractivity contribution in [3.63, 3.8) is 0 Å². The Labute approximate surface area is 185 Å². The molecule has 1 fully saturated rings. The number of rotatable bonds is 6. The van der Waals surface area contributed by atoms with Crippen LogP contribution in [0, 0.1) is 21.8 Å². The quantitative estimate of drug-likeness (QED) is 0.355. The number of fused-ring (bicyclic) bond motifs is 1. The van der Waals surface area contributed by atoms with Gasteiger partial charge in [-0.25, -0.2) is 4.39 Å². The number of aromatic nitrogens is 1. The van der Waals surface area contributed by atoms with Gasteiger partial charge in [-0.1, -0.05) is 11.6 Å². The lowest BCUT2D eigenvalue weighted by atomic mass is 9.75. The summed E-state index contributed by atoms with van der Waals surface area (Å²) >= 11 is 6.03. The van der Waals surface area contributed by atoms with Crippen LogP contribution in [0.2, 0.25) is 5.02 Å². The molecule has 7 heteroatoms. The number of nitro groups is 1. The summed E-state index contributed by atoms with van der Waals surface area (Å²) < 4.78 is 13.8. The molecule has 1 aliphatic carbocycles. The third-order valence-corrected chi connectivity index (χ3v) is 6.74. The van der Waals surface area contributed by atoms with E-state index in [1.54, 1.807) is 24.3 Å². The second kappa shape index (κ2) is 9.28. The highest BCUT2D eigenvalue weighted by molar-refractivity contribution is 6.30. The number of benzene rings is 2. The van der Waals surface area contributed by atoms with Gasteiger partial charge in [-0.3, -0.25) is 15.1 Å². The second-order valence-corrected chi connectivity index (χ2v) is 8.81. The molecule has 1 N–H and O–H groups in total. The van der Waals surface area contributed by atoms with Gasteiger partial charge in [-0.2, -0.15) is 0 Å². The predicted octanol–water partition coefficient (Wildman–Crippen LogP) is 6.39. The van der Waals surface area contributed by atoms with Gasteiger partial charge in [0.2, 0.25) is 0 Å². The van der Waals surface area contributed by atoms with Gasteiger partial charge in [0.15, 0.2) is 0 Å². The molecule has 5 nitrogen and oxygen atoms in total. The van der Waals surface area contributed by atoms with Gasteiger partial charge in [-0.15, -0.1) is 0 Å². The van der Waals surface area contributed by atoms with Gasteiger partial charge >= 0.3 is 0 Å². The Morgan fingerprint density at radius 3 is 2.71 bits per heavy atom. The van der Waals surface area contributed by atoms with Crippen molar-refractivity contribution in [1.82, 2.24) is 10.3 Å². The monoisotopic (exact) mass is 441 g/mol. The Hall–Kier alpha value is -2.57. The van der Waals surface area contributed by atoms with Crippen molar-refractivity contribution < 1.29 is 9.31 Å². The summed E-state index contributed by atoms with van der Waals surface area (Å²) in [5, 5.41) is 16.1. The van der Waals surface area contributed by atoms with Crippen LogP contribution in [-0.4, -0.2) is 15.9 Å². The Balaban J connectivity index is 1.39. The van der Waals surface area contributed by atoms with Gasteiger partial charge in [0, 0.05) is 40.8 Å². The molecule has 162 valence electrons. The number of halogens is 2. The SMILES string of the molecule is CC(NCc1cc(Cl)ccc1[N+](=O)[O-])C1CCC(c2ccnc3ccc(F)cc23)CC1. The van der Waals surface area contributed by atoms with Crippen molar-refractivity contribution in [2.75, 3.05) is 0 Å². The van der Waals surface area contributed by atoms with Crippen LogP contribution in [0.25, 0.3) is 10.9 Å². The number of hydrogen-bond donors (Lipinski definition) is 1. The normalized spacial score (nSPS) is 20.0. The zero-order chi connectivity index (χ0) is 22.0. The largest absolute Gasteiger partial charge is 0.310 e. The maximum atomic E-state index is 13.8. The molecular formula is C24H25ClFN3O2. The van der Waals surface area contributed by atoms with Crippen molar-refractivity contribution in [2.45, 2.75) is 51.1 Å². The van der Waals surface area contributed by atoms with Crippen LogP contribution in [-0.2, 0) is 6.54 Å². The smallest absolute Gasteiger partial charge is 0.273 e. The highest BCUT2D eigenvalue weighted by Crippen LogP contribution is 2.39. The van der Waals surface area contributed by atoms with E-state index in [-0.39, 0.29) is 22.5 Å². The molecule has 1 heterocycles. The van der Waals surface area contributed by atoms with E-state index < -0.39 is 0 Å². The number of nitrogens with one attached hydrogen (secondary N) is 1. The Morgan fingerprint density at radius 1 is 1.19 bits per heavy atom. The highest BCUT2D eigenvalue weighted by Gasteiger charge is 2.27. The lowest BCUT2D eigenvalue weighted by Gasteiger charge is -2.33. The lowest BCUT2D eigenvalue weighted by Crippen LogP contribution is -2.35. The van der Waals surface area contributed by atoms with Crippen LogP contribution in [0.3, 0.4) is 0 Å². The zero-order valence-corrected chi connectivity index (χ0v) is 18.1. The highest BCUT2D eigenvalue weighted by atomic mass is 35.5. The van der Waals surface area contributed by atoms with Crippen molar-refractivity contribution in [1.29, 1.82) is 0 Å². The fraction of sp³-hybridized carbons (Fsp3) is 0.375. The fourth-order valence-corrected chi connectivity index (χ4v) is 4.93. The average Bonchev–Trinajstić information content (AvgIpc) is 2.77. The molecule has 4 rings (SSSR count). The van der Waals surface area contributed by atoms with Crippen LogP contribution in [0.4, 0.5) is 10.1 Å². The summed E-state index contributed by atoms with van der Waals surface area (Å²) in [4.78, 5) is 15.3. The van der Waals surface area contributed by atoms with E-state index in [2.05, 4.69) is 17.2 Å². The van der Waals surface area contributed by atoms with Crippen LogP contribution < -0.4 is 5.32 Å². The first-order valence-corrected chi connectivity index (χ1v) is 11.0. The standard InChI is InChI=1S/C24H25ClFN3O2/c1-15(28-14-18-12-19(25)6-9-24(18)29(30)31)16-2-4-17(5-3-16)21-10-11-27-23-8-7-20(26)13-22(21)23/h6-13,15-17,28H,2-5,14H2,1H3. The first-order valence-electron chi connectivity index (χ1n) is 10.6. The van der Waals surface area contributed by atoms with Gasteiger partial charge in [0.25, 0.3) is 5.69 Å². The Kier molecular flexibility index (Phi) is 6.49. The summed E-state index contributed by atoms with van der Waals surface area (Å²) in [6.07, 6.45) is 5.97. The summed E-state index contributed by atoms with van der Waals surface area (Å²) in [6, 6.07) is 11.7. The molecular weight excluding hydrogens is 417 g/mol. The van der Waals surface area contributed by atoms with Gasteiger partial charge in [-0.05, 0) is 86.4 Å². The Morgan fingerprint density at radius 2 is 1.97 bits per heavy atom. The summed E-state index contributed by atoms with van der Waals surface area (Å²) in [7, 11) is 0. The molecule has 2 aromatic carbocycles.